The lowest BCUT2D eigenvalue weighted by atomic mass is 9.78. The van der Waals surface area contributed by atoms with Crippen LogP contribution >= 0.6 is 0 Å². The monoisotopic (exact) mass is 125 g/mol. The van der Waals surface area contributed by atoms with Crippen LogP contribution in [0.1, 0.15) is 32.1 Å². The normalized spacial score (nSPS) is 31.7. The van der Waals surface area contributed by atoms with Crippen molar-refractivity contribution in [3.8, 4) is 0 Å². The molecule has 0 saturated heterocycles. The summed E-state index contributed by atoms with van der Waals surface area (Å²) in [5, 5.41) is 0. The summed E-state index contributed by atoms with van der Waals surface area (Å²) in [5.41, 5.74) is 5.98. The van der Waals surface area contributed by atoms with Crippen molar-refractivity contribution in [2.45, 2.75) is 38.1 Å². The maximum absolute atomic E-state index is 5.98. The van der Waals surface area contributed by atoms with E-state index in [1.165, 1.54) is 32.1 Å². The Labute approximate surface area is 56.6 Å². The average molecular weight is 125 g/mol. The summed E-state index contributed by atoms with van der Waals surface area (Å²) in [7, 11) is 0. The highest BCUT2D eigenvalue weighted by molar-refractivity contribution is 4.91. The fourth-order valence-corrected chi connectivity index (χ4v) is 1.69. The van der Waals surface area contributed by atoms with E-state index in [0.717, 1.165) is 11.8 Å². The second-order valence-electron chi connectivity index (χ2n) is 3.61. The molecule has 0 radical (unpaired) electrons. The summed E-state index contributed by atoms with van der Waals surface area (Å²) < 4.78 is 0. The minimum absolute atomic E-state index is 0.582. The first-order valence-electron chi connectivity index (χ1n) is 4.13. The highest BCUT2D eigenvalue weighted by atomic mass is 14.7. The van der Waals surface area contributed by atoms with E-state index >= 15 is 0 Å². The lowest BCUT2D eigenvalue weighted by Crippen LogP contribution is -2.36. The van der Waals surface area contributed by atoms with E-state index in [1.807, 2.05) is 0 Å². The summed E-state index contributed by atoms with van der Waals surface area (Å²) in [4.78, 5) is 0. The number of nitrogens with two attached hydrogens (primary N) is 1. The molecule has 2 aliphatic carbocycles. The third kappa shape index (κ3) is 0.983. The van der Waals surface area contributed by atoms with Gasteiger partial charge in [-0.3, -0.25) is 0 Å². The molecule has 2 fully saturated rings. The van der Waals surface area contributed by atoms with E-state index in [-0.39, 0.29) is 0 Å². The fraction of sp³-hybridized carbons (Fsp3) is 1.00. The van der Waals surface area contributed by atoms with Gasteiger partial charge in [0.25, 0.3) is 0 Å². The van der Waals surface area contributed by atoms with Gasteiger partial charge in [-0.15, -0.1) is 0 Å². The van der Waals surface area contributed by atoms with Crippen molar-refractivity contribution in [3.63, 3.8) is 0 Å². The molecule has 2 saturated carbocycles. The van der Waals surface area contributed by atoms with Crippen molar-refractivity contribution in [2.24, 2.45) is 17.6 Å². The first-order chi connectivity index (χ1) is 4.38. The molecule has 0 spiro atoms. The van der Waals surface area contributed by atoms with Gasteiger partial charge in [-0.1, -0.05) is 6.42 Å². The van der Waals surface area contributed by atoms with Gasteiger partial charge < -0.3 is 5.73 Å². The van der Waals surface area contributed by atoms with Crippen molar-refractivity contribution >= 4 is 0 Å². The summed E-state index contributed by atoms with van der Waals surface area (Å²) in [6.07, 6.45) is 7.09. The Kier molecular flexibility index (Phi) is 1.26. The smallest absolute Gasteiger partial charge is 0.00956 e. The van der Waals surface area contributed by atoms with Crippen LogP contribution in [0.4, 0.5) is 0 Å². The Morgan fingerprint density at radius 3 is 1.89 bits per heavy atom. The van der Waals surface area contributed by atoms with Crippen LogP contribution < -0.4 is 5.73 Å². The molecule has 0 aromatic rings. The molecule has 52 valence electrons. The van der Waals surface area contributed by atoms with Crippen LogP contribution in [0.25, 0.3) is 0 Å². The molecule has 1 atom stereocenters. The zero-order chi connectivity index (χ0) is 6.27. The van der Waals surface area contributed by atoms with E-state index in [4.69, 9.17) is 5.73 Å². The van der Waals surface area contributed by atoms with E-state index in [0.29, 0.717) is 6.04 Å². The van der Waals surface area contributed by atoms with Crippen LogP contribution in [0.5, 0.6) is 0 Å². The Balaban J connectivity index is 1.81. The van der Waals surface area contributed by atoms with Crippen LogP contribution in [0.3, 0.4) is 0 Å². The van der Waals surface area contributed by atoms with Crippen molar-refractivity contribution in [1.82, 2.24) is 0 Å². The van der Waals surface area contributed by atoms with Crippen molar-refractivity contribution < 1.29 is 0 Å². The topological polar surface area (TPSA) is 26.0 Å². The molecule has 0 aromatic heterocycles. The number of rotatable bonds is 2. The summed E-state index contributed by atoms with van der Waals surface area (Å²) >= 11 is 0. The van der Waals surface area contributed by atoms with Gasteiger partial charge in [0.1, 0.15) is 0 Å². The average Bonchev–Trinajstić information content (AvgIpc) is 2.37. The zero-order valence-corrected chi connectivity index (χ0v) is 5.84. The molecule has 0 unspecified atom stereocenters. The van der Waals surface area contributed by atoms with E-state index in [1.54, 1.807) is 0 Å². The van der Waals surface area contributed by atoms with E-state index in [2.05, 4.69) is 0 Å². The van der Waals surface area contributed by atoms with Crippen LogP contribution in [0.15, 0.2) is 0 Å². The molecule has 9 heavy (non-hydrogen) atoms. The van der Waals surface area contributed by atoms with Crippen molar-refractivity contribution in [3.05, 3.63) is 0 Å². The lowest BCUT2D eigenvalue weighted by molar-refractivity contribution is 0.244. The molecule has 0 amide bonds. The highest BCUT2D eigenvalue weighted by Crippen LogP contribution is 2.40. The van der Waals surface area contributed by atoms with Crippen molar-refractivity contribution in [2.75, 3.05) is 0 Å². The van der Waals surface area contributed by atoms with Gasteiger partial charge in [0.05, 0.1) is 0 Å². The first-order valence-corrected chi connectivity index (χ1v) is 4.13. The van der Waals surface area contributed by atoms with Crippen LogP contribution in [-0.2, 0) is 0 Å². The highest BCUT2D eigenvalue weighted by Gasteiger charge is 2.35. The third-order valence-corrected chi connectivity index (χ3v) is 2.86. The third-order valence-electron chi connectivity index (χ3n) is 2.86. The summed E-state index contributed by atoms with van der Waals surface area (Å²) in [6.45, 7) is 0. The molecule has 2 aliphatic rings. The van der Waals surface area contributed by atoms with E-state index in [9.17, 15) is 0 Å². The Morgan fingerprint density at radius 1 is 1.00 bits per heavy atom. The second-order valence-corrected chi connectivity index (χ2v) is 3.61. The minimum atomic E-state index is 0.582. The molecule has 2 N–H and O–H groups in total. The minimum Gasteiger partial charge on any atom is -0.327 e. The van der Waals surface area contributed by atoms with Crippen LogP contribution in [0, 0.1) is 11.8 Å². The molecule has 2 rings (SSSR count). The molecule has 0 aromatic carbocycles. The lowest BCUT2D eigenvalue weighted by Gasteiger charge is -2.31. The second kappa shape index (κ2) is 1.98. The molecule has 0 heterocycles. The van der Waals surface area contributed by atoms with Gasteiger partial charge in [-0.2, -0.15) is 0 Å². The quantitative estimate of drug-likeness (QED) is 0.595. The van der Waals surface area contributed by atoms with Crippen molar-refractivity contribution in [1.29, 1.82) is 0 Å². The SMILES string of the molecule is N[C@H](C1CCC1)C1CC1. The number of hydrogen-bond acceptors (Lipinski definition) is 1. The summed E-state index contributed by atoms with van der Waals surface area (Å²) in [5.74, 6) is 1.84. The molecule has 0 bridgehead atoms. The molecule has 0 aliphatic heterocycles. The molecular formula is C8H15N. The predicted molar refractivity (Wildman–Crippen MR) is 38.0 cm³/mol. The molecule has 1 heteroatoms. The van der Waals surface area contributed by atoms with Crippen LogP contribution in [-0.4, -0.2) is 6.04 Å². The standard InChI is InChI=1S/C8H15N/c9-8(7-4-5-7)6-2-1-3-6/h6-8H,1-5,9H2/t8-/m1/s1. The van der Waals surface area contributed by atoms with Gasteiger partial charge in [0.15, 0.2) is 0 Å². The predicted octanol–water partition coefficient (Wildman–Crippen LogP) is 1.52. The molecule has 1 nitrogen and oxygen atoms in total. The van der Waals surface area contributed by atoms with Gasteiger partial charge in [-0.25, -0.2) is 0 Å². The first kappa shape index (κ1) is 5.72. The van der Waals surface area contributed by atoms with E-state index < -0.39 is 0 Å². The van der Waals surface area contributed by atoms with Gasteiger partial charge in [-0.05, 0) is 37.5 Å². The maximum Gasteiger partial charge on any atom is 0.00956 e. The largest absolute Gasteiger partial charge is 0.327 e. The fourth-order valence-electron chi connectivity index (χ4n) is 1.69. The number of hydrogen-bond donors (Lipinski definition) is 1. The summed E-state index contributed by atoms with van der Waals surface area (Å²) in [6, 6.07) is 0.582. The van der Waals surface area contributed by atoms with Gasteiger partial charge in [0.2, 0.25) is 0 Å². The maximum atomic E-state index is 5.98. The van der Waals surface area contributed by atoms with Gasteiger partial charge >= 0.3 is 0 Å². The molecular weight excluding hydrogens is 110 g/mol. The Hall–Kier alpha value is -0.0400. The van der Waals surface area contributed by atoms with Crippen LogP contribution in [0.2, 0.25) is 0 Å². The zero-order valence-electron chi connectivity index (χ0n) is 5.84. The van der Waals surface area contributed by atoms with Gasteiger partial charge in [0, 0.05) is 6.04 Å². The Bertz CT molecular complexity index is 103. The Morgan fingerprint density at radius 2 is 1.56 bits per heavy atom.